The Morgan fingerprint density at radius 2 is 1.84 bits per heavy atom. The van der Waals surface area contributed by atoms with Crippen LogP contribution in [0, 0.1) is 0 Å². The number of aliphatic hydroxyl groups excluding tert-OH is 1. The van der Waals surface area contributed by atoms with Crippen LogP contribution in [0.2, 0.25) is 0 Å². The van der Waals surface area contributed by atoms with Gasteiger partial charge in [0.05, 0.1) is 12.6 Å². The predicted octanol–water partition coefficient (Wildman–Crippen LogP) is -2.63. The summed E-state index contributed by atoms with van der Waals surface area (Å²) in [5.74, 6) is -3.31. The van der Waals surface area contributed by atoms with Crippen LogP contribution in [-0.4, -0.2) is 94.0 Å². The first-order valence-corrected chi connectivity index (χ1v) is 11.3. The van der Waals surface area contributed by atoms with Crippen LogP contribution in [0.1, 0.15) is 32.1 Å². The zero-order valence-corrected chi connectivity index (χ0v) is 18.2. The van der Waals surface area contributed by atoms with Gasteiger partial charge in [-0.1, -0.05) is 0 Å². The maximum Gasteiger partial charge on any atom is 0.328 e. The Morgan fingerprint density at radius 1 is 1.16 bits per heavy atom. The van der Waals surface area contributed by atoms with E-state index in [1.165, 1.54) is 4.90 Å². The van der Waals surface area contributed by atoms with Gasteiger partial charge in [-0.25, -0.2) is 4.79 Å². The van der Waals surface area contributed by atoms with Crippen LogP contribution in [0.25, 0.3) is 0 Å². The Kier molecular flexibility index (Phi) is 11.3. The van der Waals surface area contributed by atoms with E-state index in [-0.39, 0.29) is 18.7 Å². The quantitative estimate of drug-likeness (QED) is 0.169. The molecule has 0 radical (unpaired) electrons. The topological polar surface area (TPSA) is 205 Å². The molecule has 0 bridgehead atoms. The van der Waals surface area contributed by atoms with E-state index in [0.717, 1.165) is 0 Å². The third-order valence-electron chi connectivity index (χ3n) is 4.90. The zero-order chi connectivity index (χ0) is 23.6. The maximum absolute atomic E-state index is 12.8. The third-order valence-corrected chi connectivity index (χ3v) is 5.54. The minimum Gasteiger partial charge on any atom is -0.480 e. The highest BCUT2D eigenvalue weighted by atomic mass is 32.2. The number of carboxylic acid groups (broad SMARTS) is 1. The molecule has 1 fully saturated rings. The molecule has 176 valence electrons. The number of hydrogen-bond donors (Lipinski definition) is 6. The van der Waals surface area contributed by atoms with Gasteiger partial charge >= 0.3 is 5.97 Å². The molecule has 1 rings (SSSR count). The SMILES string of the molecule is CSCCC(N)C(=O)N1CCCC1C(=O)NC(CCC(N)=O)C(=O)NC(CO)C(=O)O. The molecule has 8 N–H and O–H groups in total. The van der Waals surface area contributed by atoms with E-state index in [2.05, 4.69) is 10.6 Å². The molecule has 4 amide bonds. The van der Waals surface area contributed by atoms with E-state index in [0.29, 0.717) is 31.6 Å². The number of carbonyl (C=O) groups is 5. The van der Waals surface area contributed by atoms with Crippen LogP contribution in [0.5, 0.6) is 0 Å². The average molecular weight is 462 g/mol. The number of aliphatic carboxylic acids is 1. The van der Waals surface area contributed by atoms with Crippen molar-refractivity contribution >= 4 is 41.4 Å². The molecule has 12 nitrogen and oxygen atoms in total. The van der Waals surface area contributed by atoms with Gasteiger partial charge in [-0.3, -0.25) is 19.2 Å². The third kappa shape index (κ3) is 8.34. The summed E-state index contributed by atoms with van der Waals surface area (Å²) in [7, 11) is 0. The maximum atomic E-state index is 12.8. The van der Waals surface area contributed by atoms with Crippen molar-refractivity contribution in [1.82, 2.24) is 15.5 Å². The van der Waals surface area contributed by atoms with E-state index in [1.54, 1.807) is 11.8 Å². The number of nitrogens with one attached hydrogen (secondary N) is 2. The Hall–Kier alpha value is -2.38. The molecule has 0 aromatic heterocycles. The van der Waals surface area contributed by atoms with Crippen LogP contribution >= 0.6 is 11.8 Å². The number of rotatable bonds is 13. The van der Waals surface area contributed by atoms with Gasteiger partial charge < -0.3 is 37.2 Å². The molecule has 0 aromatic rings. The fourth-order valence-corrected chi connectivity index (χ4v) is 3.66. The van der Waals surface area contributed by atoms with Crippen molar-refractivity contribution in [3.8, 4) is 0 Å². The lowest BCUT2D eigenvalue weighted by Crippen LogP contribution is -2.57. The predicted molar refractivity (Wildman–Crippen MR) is 113 cm³/mol. The molecule has 1 heterocycles. The number of amides is 4. The lowest BCUT2D eigenvalue weighted by atomic mass is 10.1. The average Bonchev–Trinajstić information content (AvgIpc) is 3.21. The van der Waals surface area contributed by atoms with Gasteiger partial charge in [0.25, 0.3) is 0 Å². The van der Waals surface area contributed by atoms with Gasteiger partial charge in [-0.15, -0.1) is 0 Å². The van der Waals surface area contributed by atoms with Crippen molar-refractivity contribution in [2.45, 2.75) is 56.3 Å². The normalized spacial score (nSPS) is 18.7. The van der Waals surface area contributed by atoms with E-state index in [4.69, 9.17) is 21.7 Å². The van der Waals surface area contributed by atoms with Crippen LogP contribution in [0.15, 0.2) is 0 Å². The number of nitrogens with two attached hydrogens (primary N) is 2. The van der Waals surface area contributed by atoms with Crippen molar-refractivity contribution in [1.29, 1.82) is 0 Å². The molecule has 0 aromatic carbocycles. The van der Waals surface area contributed by atoms with Gasteiger partial charge in [0.1, 0.15) is 18.1 Å². The standard InChI is InChI=1S/C18H31N5O7S/c1-31-8-6-10(19)17(28)23-7-2-3-13(23)16(27)21-11(4-5-14(20)25)15(26)22-12(9-24)18(29)30/h10-13,24H,2-9,19H2,1H3,(H2,20,25)(H,21,27)(H,22,26)(H,29,30). The number of hydrogen-bond acceptors (Lipinski definition) is 8. The lowest BCUT2D eigenvalue weighted by Gasteiger charge is -2.28. The summed E-state index contributed by atoms with van der Waals surface area (Å²) in [6, 6.07) is -4.41. The number of carbonyl (C=O) groups excluding carboxylic acids is 4. The number of aliphatic hydroxyl groups is 1. The van der Waals surface area contributed by atoms with Crippen LogP contribution < -0.4 is 22.1 Å². The lowest BCUT2D eigenvalue weighted by molar-refractivity contribution is -0.144. The Morgan fingerprint density at radius 3 is 2.39 bits per heavy atom. The second kappa shape index (κ2) is 13.1. The second-order valence-electron chi connectivity index (χ2n) is 7.23. The monoisotopic (exact) mass is 461 g/mol. The van der Waals surface area contributed by atoms with E-state index in [9.17, 15) is 24.0 Å². The Bertz CT molecular complexity index is 678. The van der Waals surface area contributed by atoms with Gasteiger partial charge in [0, 0.05) is 13.0 Å². The molecule has 4 atom stereocenters. The van der Waals surface area contributed by atoms with Crippen LogP contribution in [0.4, 0.5) is 0 Å². The highest BCUT2D eigenvalue weighted by Gasteiger charge is 2.37. The summed E-state index contributed by atoms with van der Waals surface area (Å²) >= 11 is 1.55. The van der Waals surface area contributed by atoms with Gasteiger partial charge in [-0.05, 0) is 37.7 Å². The molecule has 31 heavy (non-hydrogen) atoms. The summed E-state index contributed by atoms with van der Waals surface area (Å²) in [6.45, 7) is -0.496. The highest BCUT2D eigenvalue weighted by Crippen LogP contribution is 2.19. The smallest absolute Gasteiger partial charge is 0.328 e. The molecular formula is C18H31N5O7S. The number of likely N-dealkylation sites (tertiary alicyclic amines) is 1. The first-order chi connectivity index (χ1) is 14.6. The summed E-state index contributed by atoms with van der Waals surface area (Å²) < 4.78 is 0. The van der Waals surface area contributed by atoms with Crippen molar-refractivity contribution in [2.24, 2.45) is 11.5 Å². The number of thioether (sulfide) groups is 1. The van der Waals surface area contributed by atoms with Crippen molar-refractivity contribution in [3.63, 3.8) is 0 Å². The minimum absolute atomic E-state index is 0.168. The zero-order valence-electron chi connectivity index (χ0n) is 17.4. The molecule has 13 heteroatoms. The molecular weight excluding hydrogens is 430 g/mol. The summed E-state index contributed by atoms with van der Waals surface area (Å²) in [5, 5.41) is 22.7. The first-order valence-electron chi connectivity index (χ1n) is 9.90. The van der Waals surface area contributed by atoms with Crippen LogP contribution in [-0.2, 0) is 24.0 Å². The molecule has 1 aliphatic rings. The fraction of sp³-hybridized carbons (Fsp3) is 0.722. The second-order valence-corrected chi connectivity index (χ2v) is 8.21. The Balaban J connectivity index is 2.88. The van der Waals surface area contributed by atoms with Gasteiger partial charge in [-0.2, -0.15) is 11.8 Å². The van der Waals surface area contributed by atoms with E-state index in [1.807, 2.05) is 6.26 Å². The summed E-state index contributed by atoms with van der Waals surface area (Å²) in [4.78, 5) is 61.5. The first kappa shape index (κ1) is 26.7. The molecule has 0 aliphatic carbocycles. The fourth-order valence-electron chi connectivity index (χ4n) is 3.17. The van der Waals surface area contributed by atoms with E-state index < -0.39 is 54.5 Å². The molecule has 1 aliphatic heterocycles. The molecule has 0 saturated carbocycles. The largest absolute Gasteiger partial charge is 0.480 e. The molecule has 0 spiro atoms. The Labute approximate surface area is 184 Å². The number of primary amides is 1. The number of carboxylic acids is 1. The summed E-state index contributed by atoms with van der Waals surface area (Å²) in [5.41, 5.74) is 11.1. The van der Waals surface area contributed by atoms with Crippen molar-refractivity contribution in [2.75, 3.05) is 25.2 Å². The van der Waals surface area contributed by atoms with Crippen LogP contribution in [0.3, 0.4) is 0 Å². The van der Waals surface area contributed by atoms with Gasteiger partial charge in [0.2, 0.25) is 23.6 Å². The molecule has 4 unspecified atom stereocenters. The van der Waals surface area contributed by atoms with E-state index >= 15 is 0 Å². The number of nitrogens with zero attached hydrogens (tertiary/aromatic N) is 1. The molecule has 1 saturated heterocycles. The van der Waals surface area contributed by atoms with Gasteiger partial charge in [0.15, 0.2) is 0 Å². The minimum atomic E-state index is -1.57. The van der Waals surface area contributed by atoms with Crippen molar-refractivity contribution < 1.29 is 34.2 Å². The summed E-state index contributed by atoms with van der Waals surface area (Å²) in [6.07, 6.45) is 2.92. The van der Waals surface area contributed by atoms with Crippen molar-refractivity contribution in [3.05, 3.63) is 0 Å². The highest BCUT2D eigenvalue weighted by molar-refractivity contribution is 7.98.